The SMILES string of the molecule is COc1ccc(CCN(CC(C)(C)C)C(=O)c2csc(CN)n2)cc1. The minimum atomic E-state index is -0.0283. The Morgan fingerprint density at radius 1 is 1.28 bits per heavy atom. The predicted octanol–water partition coefficient (Wildman–Crippen LogP) is 3.34. The molecule has 6 heteroatoms. The first-order chi connectivity index (χ1) is 11.8. The number of benzene rings is 1. The van der Waals surface area contributed by atoms with Gasteiger partial charge in [-0.2, -0.15) is 0 Å². The average molecular weight is 362 g/mol. The molecule has 0 unspecified atom stereocenters. The molecule has 0 aliphatic heterocycles. The second kappa shape index (κ2) is 8.45. The summed E-state index contributed by atoms with van der Waals surface area (Å²) in [7, 11) is 1.65. The van der Waals surface area contributed by atoms with Crippen molar-refractivity contribution >= 4 is 17.2 Å². The zero-order valence-corrected chi connectivity index (χ0v) is 16.2. The van der Waals surface area contributed by atoms with Crippen LogP contribution in [-0.4, -0.2) is 36.0 Å². The Morgan fingerprint density at radius 2 is 1.96 bits per heavy atom. The van der Waals surface area contributed by atoms with Crippen LogP contribution in [-0.2, 0) is 13.0 Å². The van der Waals surface area contributed by atoms with Gasteiger partial charge in [-0.25, -0.2) is 4.98 Å². The molecule has 0 aliphatic carbocycles. The summed E-state index contributed by atoms with van der Waals surface area (Å²) < 4.78 is 5.19. The normalized spacial score (nSPS) is 11.4. The maximum absolute atomic E-state index is 12.9. The molecular weight excluding hydrogens is 334 g/mol. The van der Waals surface area contributed by atoms with E-state index in [2.05, 4.69) is 25.8 Å². The molecule has 0 aliphatic rings. The molecule has 1 heterocycles. The van der Waals surface area contributed by atoms with Crippen molar-refractivity contribution in [3.63, 3.8) is 0 Å². The van der Waals surface area contributed by atoms with Gasteiger partial charge in [0.05, 0.1) is 7.11 Å². The summed E-state index contributed by atoms with van der Waals surface area (Å²) in [5.74, 6) is 0.808. The van der Waals surface area contributed by atoms with E-state index in [1.807, 2.05) is 29.2 Å². The Labute approximate surface area is 153 Å². The summed E-state index contributed by atoms with van der Waals surface area (Å²) >= 11 is 1.43. The van der Waals surface area contributed by atoms with E-state index in [-0.39, 0.29) is 11.3 Å². The number of carbonyl (C=O) groups is 1. The van der Waals surface area contributed by atoms with Crippen LogP contribution in [0.4, 0.5) is 0 Å². The Morgan fingerprint density at radius 3 is 2.48 bits per heavy atom. The molecule has 0 fully saturated rings. The van der Waals surface area contributed by atoms with Crippen LogP contribution in [0.25, 0.3) is 0 Å². The highest BCUT2D eigenvalue weighted by atomic mass is 32.1. The van der Waals surface area contributed by atoms with Crippen LogP contribution in [0, 0.1) is 5.41 Å². The lowest BCUT2D eigenvalue weighted by molar-refractivity contribution is 0.0692. The number of nitrogens with zero attached hydrogens (tertiary/aromatic N) is 2. The smallest absolute Gasteiger partial charge is 0.273 e. The first-order valence-electron chi connectivity index (χ1n) is 8.39. The summed E-state index contributed by atoms with van der Waals surface area (Å²) in [4.78, 5) is 19.1. The van der Waals surface area contributed by atoms with Crippen molar-refractivity contribution in [2.75, 3.05) is 20.2 Å². The van der Waals surface area contributed by atoms with E-state index < -0.39 is 0 Å². The quantitative estimate of drug-likeness (QED) is 0.821. The largest absolute Gasteiger partial charge is 0.497 e. The van der Waals surface area contributed by atoms with Crippen molar-refractivity contribution in [1.82, 2.24) is 9.88 Å². The summed E-state index contributed by atoms with van der Waals surface area (Å²) in [5.41, 5.74) is 7.29. The molecule has 2 rings (SSSR count). The maximum atomic E-state index is 12.9. The molecule has 0 spiro atoms. The Balaban J connectivity index is 2.10. The minimum Gasteiger partial charge on any atom is -0.497 e. The van der Waals surface area contributed by atoms with Gasteiger partial charge in [0, 0.05) is 25.0 Å². The van der Waals surface area contributed by atoms with Crippen molar-refractivity contribution < 1.29 is 9.53 Å². The van der Waals surface area contributed by atoms with Crippen molar-refractivity contribution in [3.8, 4) is 5.75 Å². The molecule has 1 aromatic heterocycles. The average Bonchev–Trinajstić information content (AvgIpc) is 3.06. The van der Waals surface area contributed by atoms with Crippen LogP contribution in [0.5, 0.6) is 5.75 Å². The highest BCUT2D eigenvalue weighted by Gasteiger charge is 2.23. The lowest BCUT2D eigenvalue weighted by atomic mass is 9.95. The number of hydrogen-bond acceptors (Lipinski definition) is 5. The van der Waals surface area contributed by atoms with E-state index in [0.29, 0.717) is 25.3 Å². The summed E-state index contributed by atoms with van der Waals surface area (Å²) in [6.45, 7) is 8.09. The molecule has 1 amide bonds. The van der Waals surface area contributed by atoms with Crippen LogP contribution in [0.2, 0.25) is 0 Å². The van der Waals surface area contributed by atoms with Crippen LogP contribution in [0.3, 0.4) is 0 Å². The molecule has 0 atom stereocenters. The lowest BCUT2D eigenvalue weighted by Crippen LogP contribution is -2.39. The molecule has 0 saturated heterocycles. The number of ether oxygens (including phenoxy) is 1. The molecule has 0 radical (unpaired) electrons. The molecule has 5 nitrogen and oxygen atoms in total. The van der Waals surface area contributed by atoms with Crippen LogP contribution >= 0.6 is 11.3 Å². The number of aromatic nitrogens is 1. The standard InChI is InChI=1S/C19H27N3O2S/c1-19(2,3)13-22(18(23)16-12-25-17(11-20)21-16)10-9-14-5-7-15(24-4)8-6-14/h5-8,12H,9-11,13,20H2,1-4H3. The van der Waals surface area contributed by atoms with Gasteiger partial charge in [0.2, 0.25) is 0 Å². The second-order valence-corrected chi connectivity index (χ2v) is 8.16. The number of thiazole rings is 1. The van der Waals surface area contributed by atoms with Crippen molar-refractivity contribution in [3.05, 3.63) is 45.9 Å². The van der Waals surface area contributed by atoms with E-state index >= 15 is 0 Å². The first-order valence-corrected chi connectivity index (χ1v) is 9.27. The monoisotopic (exact) mass is 361 g/mol. The van der Waals surface area contributed by atoms with Gasteiger partial charge in [0.1, 0.15) is 16.5 Å². The topological polar surface area (TPSA) is 68.5 Å². The van der Waals surface area contributed by atoms with Crippen LogP contribution in [0.15, 0.2) is 29.6 Å². The third-order valence-corrected chi connectivity index (χ3v) is 4.60. The third kappa shape index (κ3) is 5.83. The number of hydrogen-bond donors (Lipinski definition) is 1. The van der Waals surface area contributed by atoms with E-state index in [1.54, 1.807) is 12.5 Å². The van der Waals surface area contributed by atoms with Crippen molar-refractivity contribution in [2.24, 2.45) is 11.1 Å². The Bertz CT molecular complexity index is 689. The van der Waals surface area contributed by atoms with Gasteiger partial charge in [-0.15, -0.1) is 11.3 Å². The maximum Gasteiger partial charge on any atom is 0.273 e. The van der Waals surface area contributed by atoms with Gasteiger partial charge in [-0.1, -0.05) is 32.9 Å². The Kier molecular flexibility index (Phi) is 6.56. The zero-order chi connectivity index (χ0) is 18.4. The zero-order valence-electron chi connectivity index (χ0n) is 15.4. The highest BCUT2D eigenvalue weighted by Crippen LogP contribution is 2.19. The molecule has 2 N–H and O–H groups in total. The Hall–Kier alpha value is -1.92. The lowest BCUT2D eigenvalue weighted by Gasteiger charge is -2.29. The molecule has 1 aromatic carbocycles. The van der Waals surface area contributed by atoms with Crippen LogP contribution < -0.4 is 10.5 Å². The van der Waals surface area contributed by atoms with Crippen molar-refractivity contribution in [1.29, 1.82) is 0 Å². The molecule has 2 aromatic rings. The van der Waals surface area contributed by atoms with E-state index in [1.165, 1.54) is 16.9 Å². The number of rotatable bonds is 7. The summed E-state index contributed by atoms with van der Waals surface area (Å²) in [5, 5.41) is 2.59. The van der Waals surface area contributed by atoms with E-state index in [4.69, 9.17) is 10.5 Å². The predicted molar refractivity (Wildman–Crippen MR) is 102 cm³/mol. The molecular formula is C19H27N3O2S. The number of carbonyl (C=O) groups excluding carboxylic acids is 1. The number of amides is 1. The first kappa shape index (κ1) is 19.4. The van der Waals surface area contributed by atoms with Gasteiger partial charge in [-0.3, -0.25) is 4.79 Å². The minimum absolute atomic E-state index is 0.0162. The molecule has 0 saturated carbocycles. The molecule has 136 valence electrons. The fourth-order valence-corrected chi connectivity index (χ4v) is 3.19. The molecule has 0 bridgehead atoms. The summed E-state index contributed by atoms with van der Waals surface area (Å²) in [6.07, 6.45) is 0.791. The fraction of sp³-hybridized carbons (Fsp3) is 0.474. The number of nitrogens with two attached hydrogens (primary N) is 1. The van der Waals surface area contributed by atoms with Gasteiger partial charge in [-0.05, 0) is 29.5 Å². The van der Waals surface area contributed by atoms with Crippen LogP contribution in [0.1, 0.15) is 41.8 Å². The third-order valence-electron chi connectivity index (χ3n) is 3.73. The van der Waals surface area contributed by atoms with Crippen molar-refractivity contribution in [2.45, 2.75) is 33.7 Å². The van der Waals surface area contributed by atoms with Gasteiger partial charge in [0.25, 0.3) is 5.91 Å². The second-order valence-electron chi connectivity index (χ2n) is 7.22. The van der Waals surface area contributed by atoms with Gasteiger partial charge in [0.15, 0.2) is 0 Å². The van der Waals surface area contributed by atoms with E-state index in [0.717, 1.165) is 17.2 Å². The fourth-order valence-electron chi connectivity index (χ4n) is 2.55. The highest BCUT2D eigenvalue weighted by molar-refractivity contribution is 7.09. The number of methoxy groups -OCH3 is 1. The molecule has 25 heavy (non-hydrogen) atoms. The van der Waals surface area contributed by atoms with Gasteiger partial charge >= 0.3 is 0 Å². The van der Waals surface area contributed by atoms with Gasteiger partial charge < -0.3 is 15.4 Å². The van der Waals surface area contributed by atoms with E-state index in [9.17, 15) is 4.79 Å². The summed E-state index contributed by atoms with van der Waals surface area (Å²) in [6, 6.07) is 7.96.